The summed E-state index contributed by atoms with van der Waals surface area (Å²) in [6.45, 7) is 1.82. The molecule has 1 N–H and O–H groups in total. The molecule has 122 valence electrons. The molecule has 1 atom stereocenters. The first-order valence-corrected chi connectivity index (χ1v) is 7.20. The van der Waals surface area contributed by atoms with Crippen LogP contribution < -0.4 is 5.32 Å². The van der Waals surface area contributed by atoms with Crippen LogP contribution in [0, 0.1) is 5.92 Å². The number of alkyl halides is 3. The third-order valence-corrected chi connectivity index (χ3v) is 3.55. The van der Waals surface area contributed by atoms with Crippen LogP contribution in [0.3, 0.4) is 0 Å². The molecule has 0 radical (unpaired) electrons. The second kappa shape index (κ2) is 6.49. The Morgan fingerprint density at radius 2 is 2.00 bits per heavy atom. The van der Waals surface area contributed by atoms with Gasteiger partial charge in [-0.25, -0.2) is 9.97 Å². The summed E-state index contributed by atoms with van der Waals surface area (Å²) in [5.41, 5.74) is -0.483. The molecule has 0 aromatic carbocycles. The van der Waals surface area contributed by atoms with Gasteiger partial charge in [-0.1, -0.05) is 0 Å². The lowest BCUT2D eigenvalue weighted by Gasteiger charge is -2.13. The van der Waals surface area contributed by atoms with Crippen LogP contribution in [0.1, 0.15) is 12.1 Å². The summed E-state index contributed by atoms with van der Waals surface area (Å²) < 4.78 is 44.4. The van der Waals surface area contributed by atoms with Gasteiger partial charge in [-0.2, -0.15) is 13.2 Å². The Morgan fingerprint density at radius 3 is 2.65 bits per heavy atom. The molecule has 5 nitrogen and oxygen atoms in total. The van der Waals surface area contributed by atoms with Gasteiger partial charge in [-0.15, -0.1) is 0 Å². The number of hydrogen-bond acceptors (Lipinski definition) is 5. The Balaban J connectivity index is 1.88. The van der Waals surface area contributed by atoms with Crippen LogP contribution in [-0.4, -0.2) is 34.7 Å². The smallest absolute Gasteiger partial charge is 0.381 e. The average molecular weight is 324 g/mol. The van der Waals surface area contributed by atoms with Crippen molar-refractivity contribution in [1.29, 1.82) is 0 Å². The fourth-order valence-electron chi connectivity index (χ4n) is 2.31. The Bertz CT molecular complexity index is 658. The molecular formula is C15H15F3N4O. The monoisotopic (exact) mass is 324 g/mol. The zero-order valence-electron chi connectivity index (χ0n) is 12.2. The summed E-state index contributed by atoms with van der Waals surface area (Å²) in [5, 5.41) is 2.96. The molecule has 0 bridgehead atoms. The van der Waals surface area contributed by atoms with E-state index < -0.39 is 11.9 Å². The molecule has 8 heteroatoms. The van der Waals surface area contributed by atoms with Gasteiger partial charge in [0.1, 0.15) is 5.82 Å². The highest BCUT2D eigenvalue weighted by Gasteiger charge is 2.34. The van der Waals surface area contributed by atoms with E-state index in [2.05, 4.69) is 20.3 Å². The molecule has 2 aromatic heterocycles. The molecule has 3 rings (SSSR count). The molecule has 2 aromatic rings. The Labute approximate surface area is 130 Å². The molecule has 0 spiro atoms. The highest BCUT2D eigenvalue weighted by molar-refractivity contribution is 5.57. The summed E-state index contributed by atoms with van der Waals surface area (Å²) in [6, 6.07) is 4.08. The van der Waals surface area contributed by atoms with Crippen molar-refractivity contribution in [2.75, 3.05) is 25.1 Å². The number of nitrogens with zero attached hydrogens (tertiary/aromatic N) is 3. The predicted molar refractivity (Wildman–Crippen MR) is 77.7 cm³/mol. The van der Waals surface area contributed by atoms with Gasteiger partial charge in [0.05, 0.1) is 6.61 Å². The van der Waals surface area contributed by atoms with Crippen molar-refractivity contribution < 1.29 is 17.9 Å². The SMILES string of the molecule is FC(F)(F)c1cc(NC[C@@H]2CCOC2)nc(-c2ccncc2)n1. The fraction of sp³-hybridized carbons (Fsp3) is 0.400. The molecule has 0 unspecified atom stereocenters. The zero-order chi connectivity index (χ0) is 16.3. The van der Waals surface area contributed by atoms with E-state index in [0.717, 1.165) is 12.5 Å². The maximum Gasteiger partial charge on any atom is 0.433 e. The highest BCUT2D eigenvalue weighted by atomic mass is 19.4. The normalized spacial score (nSPS) is 18.1. The summed E-state index contributed by atoms with van der Waals surface area (Å²) >= 11 is 0. The second-order valence-electron chi connectivity index (χ2n) is 5.31. The van der Waals surface area contributed by atoms with Crippen molar-refractivity contribution in [2.45, 2.75) is 12.6 Å². The Kier molecular flexibility index (Phi) is 4.42. The molecule has 1 aliphatic heterocycles. The van der Waals surface area contributed by atoms with E-state index in [1.807, 2.05) is 0 Å². The van der Waals surface area contributed by atoms with Crippen LogP contribution in [0.25, 0.3) is 11.4 Å². The van der Waals surface area contributed by atoms with Crippen LogP contribution in [0.2, 0.25) is 0 Å². The van der Waals surface area contributed by atoms with Crippen molar-refractivity contribution in [1.82, 2.24) is 15.0 Å². The lowest BCUT2D eigenvalue weighted by molar-refractivity contribution is -0.141. The van der Waals surface area contributed by atoms with Crippen LogP contribution >= 0.6 is 0 Å². The van der Waals surface area contributed by atoms with Crippen molar-refractivity contribution in [3.63, 3.8) is 0 Å². The summed E-state index contributed by atoms with van der Waals surface area (Å²) in [7, 11) is 0. The fourth-order valence-corrected chi connectivity index (χ4v) is 2.31. The predicted octanol–water partition coefficient (Wildman–Crippen LogP) is 3.01. The first kappa shape index (κ1) is 15.7. The van der Waals surface area contributed by atoms with Gasteiger partial charge in [0.25, 0.3) is 0 Å². The van der Waals surface area contributed by atoms with E-state index in [1.165, 1.54) is 12.4 Å². The van der Waals surface area contributed by atoms with E-state index in [-0.39, 0.29) is 17.6 Å². The molecule has 1 fully saturated rings. The van der Waals surface area contributed by atoms with E-state index in [9.17, 15) is 13.2 Å². The van der Waals surface area contributed by atoms with Crippen molar-refractivity contribution in [3.05, 3.63) is 36.3 Å². The van der Waals surface area contributed by atoms with Gasteiger partial charge in [0.15, 0.2) is 11.5 Å². The Hall–Kier alpha value is -2.22. The summed E-state index contributed by atoms with van der Waals surface area (Å²) in [4.78, 5) is 11.7. The van der Waals surface area contributed by atoms with Crippen molar-refractivity contribution in [3.8, 4) is 11.4 Å². The largest absolute Gasteiger partial charge is 0.433 e. The zero-order valence-corrected chi connectivity index (χ0v) is 12.2. The lowest BCUT2D eigenvalue weighted by atomic mass is 10.1. The summed E-state index contributed by atoms with van der Waals surface area (Å²) in [5.74, 6) is 0.460. The first-order chi connectivity index (χ1) is 11.0. The average Bonchev–Trinajstić information content (AvgIpc) is 3.06. The molecule has 0 saturated carbocycles. The number of anilines is 1. The number of nitrogens with one attached hydrogen (secondary N) is 1. The molecule has 1 saturated heterocycles. The Morgan fingerprint density at radius 1 is 1.22 bits per heavy atom. The highest BCUT2D eigenvalue weighted by Crippen LogP contribution is 2.30. The number of aromatic nitrogens is 3. The van der Waals surface area contributed by atoms with Gasteiger partial charge in [0.2, 0.25) is 0 Å². The van der Waals surface area contributed by atoms with Gasteiger partial charge in [0, 0.05) is 43.1 Å². The topological polar surface area (TPSA) is 59.9 Å². The minimum absolute atomic E-state index is 0.0207. The molecular weight excluding hydrogens is 309 g/mol. The van der Waals surface area contributed by atoms with E-state index >= 15 is 0 Å². The number of halogens is 3. The third kappa shape index (κ3) is 3.95. The lowest BCUT2D eigenvalue weighted by Crippen LogP contribution is -2.17. The van der Waals surface area contributed by atoms with Gasteiger partial charge < -0.3 is 10.1 Å². The maximum atomic E-state index is 13.1. The minimum atomic E-state index is -4.53. The van der Waals surface area contributed by atoms with Gasteiger partial charge in [-0.3, -0.25) is 4.98 Å². The first-order valence-electron chi connectivity index (χ1n) is 7.20. The van der Waals surface area contributed by atoms with Crippen molar-refractivity contribution >= 4 is 5.82 Å². The van der Waals surface area contributed by atoms with Crippen LogP contribution in [0.15, 0.2) is 30.6 Å². The van der Waals surface area contributed by atoms with Gasteiger partial charge >= 0.3 is 6.18 Å². The van der Waals surface area contributed by atoms with Gasteiger partial charge in [-0.05, 0) is 18.6 Å². The summed E-state index contributed by atoms with van der Waals surface area (Å²) in [6.07, 6.45) is -0.664. The third-order valence-electron chi connectivity index (χ3n) is 3.55. The number of pyridine rings is 1. The van der Waals surface area contributed by atoms with E-state index in [1.54, 1.807) is 12.1 Å². The molecule has 0 aliphatic carbocycles. The van der Waals surface area contributed by atoms with E-state index in [4.69, 9.17) is 4.74 Å². The molecule has 1 aliphatic rings. The number of hydrogen-bond donors (Lipinski definition) is 1. The van der Waals surface area contributed by atoms with Crippen molar-refractivity contribution in [2.24, 2.45) is 5.92 Å². The maximum absolute atomic E-state index is 13.1. The molecule has 23 heavy (non-hydrogen) atoms. The number of rotatable bonds is 4. The molecule has 0 amide bonds. The quantitative estimate of drug-likeness (QED) is 0.937. The van der Waals surface area contributed by atoms with Crippen LogP contribution in [0.4, 0.5) is 19.0 Å². The van der Waals surface area contributed by atoms with Crippen LogP contribution in [0.5, 0.6) is 0 Å². The van der Waals surface area contributed by atoms with Crippen LogP contribution in [-0.2, 0) is 10.9 Å². The number of ether oxygens (including phenoxy) is 1. The minimum Gasteiger partial charge on any atom is -0.381 e. The van der Waals surface area contributed by atoms with E-state index in [0.29, 0.717) is 25.3 Å². The standard InChI is InChI=1S/C15H15F3N4O/c16-15(17,18)12-7-13(20-8-10-3-6-23-9-10)22-14(21-12)11-1-4-19-5-2-11/h1-2,4-5,7,10H,3,6,8-9H2,(H,20,21,22)/t10-/m0/s1. The molecule has 3 heterocycles. The second-order valence-corrected chi connectivity index (χ2v) is 5.31.